The monoisotopic (exact) mass is 210 g/mol. The van der Waals surface area contributed by atoms with Gasteiger partial charge in [0.1, 0.15) is 6.42 Å². The van der Waals surface area contributed by atoms with E-state index in [1.807, 2.05) is 0 Å². The van der Waals surface area contributed by atoms with Gasteiger partial charge < -0.3 is 10.2 Å². The van der Waals surface area contributed by atoms with Crippen molar-refractivity contribution in [3.05, 3.63) is 0 Å². The van der Waals surface area contributed by atoms with Crippen LogP contribution < -0.4 is 5.32 Å². The molecule has 1 atom stereocenters. The van der Waals surface area contributed by atoms with Crippen LogP contribution >= 0.6 is 0 Å². The summed E-state index contributed by atoms with van der Waals surface area (Å²) < 4.78 is 35.8. The maximum absolute atomic E-state index is 11.9. The fourth-order valence-corrected chi connectivity index (χ4v) is 1.48. The zero-order valence-electron chi connectivity index (χ0n) is 7.90. The molecule has 1 amide bonds. The molecule has 0 spiro atoms. The number of amides is 1. The molecule has 82 valence electrons. The fraction of sp³-hybridized carbons (Fsp3) is 0.875. The molecule has 0 aromatic heterocycles. The van der Waals surface area contributed by atoms with Crippen molar-refractivity contribution in [3.8, 4) is 0 Å². The van der Waals surface area contributed by atoms with Gasteiger partial charge in [-0.3, -0.25) is 4.79 Å². The molecule has 0 radical (unpaired) electrons. The third-order valence-corrected chi connectivity index (χ3v) is 2.17. The van der Waals surface area contributed by atoms with Gasteiger partial charge in [0.25, 0.3) is 0 Å². The Morgan fingerprint density at radius 3 is 2.71 bits per heavy atom. The zero-order valence-corrected chi connectivity index (χ0v) is 7.90. The molecule has 6 heteroatoms. The number of nitrogens with zero attached hydrogens (tertiary/aromatic N) is 1. The summed E-state index contributed by atoms with van der Waals surface area (Å²) in [6.07, 6.45) is -5.75. The van der Waals surface area contributed by atoms with Crippen LogP contribution in [0, 0.1) is 0 Å². The number of halogens is 3. The second-order valence-corrected chi connectivity index (χ2v) is 3.43. The smallest absolute Gasteiger partial charge is 0.337 e. The molecule has 1 fully saturated rings. The maximum atomic E-state index is 11.9. The quantitative estimate of drug-likeness (QED) is 0.693. The normalized spacial score (nSPS) is 23.7. The average Bonchev–Trinajstić information content (AvgIpc) is 2.01. The molecule has 1 unspecified atom stereocenters. The minimum Gasteiger partial charge on any atom is -0.337 e. The average molecular weight is 210 g/mol. The SMILES string of the molecule is CC1CNCCN1C(=O)CC(F)(F)F. The molecule has 1 aliphatic heterocycles. The number of alkyl halides is 3. The molecular weight excluding hydrogens is 197 g/mol. The highest BCUT2D eigenvalue weighted by molar-refractivity contribution is 5.77. The third kappa shape index (κ3) is 3.17. The molecule has 0 aromatic rings. The van der Waals surface area contributed by atoms with Crippen LogP contribution in [-0.2, 0) is 4.79 Å². The van der Waals surface area contributed by atoms with E-state index < -0.39 is 18.5 Å². The van der Waals surface area contributed by atoms with Gasteiger partial charge in [-0.25, -0.2) is 0 Å². The molecule has 1 aliphatic rings. The Morgan fingerprint density at radius 2 is 2.21 bits per heavy atom. The zero-order chi connectivity index (χ0) is 10.8. The Morgan fingerprint density at radius 1 is 1.57 bits per heavy atom. The van der Waals surface area contributed by atoms with E-state index >= 15 is 0 Å². The van der Waals surface area contributed by atoms with Crippen molar-refractivity contribution in [2.24, 2.45) is 0 Å². The highest BCUT2D eigenvalue weighted by Crippen LogP contribution is 2.21. The molecular formula is C8H13F3N2O. The number of carbonyl (C=O) groups is 1. The van der Waals surface area contributed by atoms with Crippen molar-refractivity contribution >= 4 is 5.91 Å². The van der Waals surface area contributed by atoms with E-state index in [4.69, 9.17) is 0 Å². The van der Waals surface area contributed by atoms with Gasteiger partial charge in [0.05, 0.1) is 0 Å². The molecule has 0 aromatic carbocycles. The van der Waals surface area contributed by atoms with Crippen molar-refractivity contribution in [2.45, 2.75) is 25.6 Å². The van der Waals surface area contributed by atoms with Crippen LogP contribution in [0.4, 0.5) is 13.2 Å². The number of carbonyl (C=O) groups excluding carboxylic acids is 1. The van der Waals surface area contributed by atoms with Gasteiger partial charge in [-0.2, -0.15) is 13.2 Å². The van der Waals surface area contributed by atoms with E-state index in [9.17, 15) is 18.0 Å². The van der Waals surface area contributed by atoms with E-state index in [1.54, 1.807) is 6.92 Å². The van der Waals surface area contributed by atoms with E-state index in [2.05, 4.69) is 5.32 Å². The molecule has 1 saturated heterocycles. The lowest BCUT2D eigenvalue weighted by molar-refractivity contribution is -0.163. The van der Waals surface area contributed by atoms with Crippen molar-refractivity contribution < 1.29 is 18.0 Å². The van der Waals surface area contributed by atoms with Crippen molar-refractivity contribution in [2.75, 3.05) is 19.6 Å². The first-order chi connectivity index (χ1) is 6.40. The van der Waals surface area contributed by atoms with E-state index in [0.717, 1.165) is 0 Å². The molecule has 0 saturated carbocycles. The van der Waals surface area contributed by atoms with Crippen LogP contribution in [0.1, 0.15) is 13.3 Å². The molecule has 1 rings (SSSR count). The van der Waals surface area contributed by atoms with Crippen LogP contribution in [0.25, 0.3) is 0 Å². The summed E-state index contributed by atoms with van der Waals surface area (Å²) in [7, 11) is 0. The molecule has 14 heavy (non-hydrogen) atoms. The third-order valence-electron chi connectivity index (χ3n) is 2.17. The Bertz CT molecular complexity index is 217. The summed E-state index contributed by atoms with van der Waals surface area (Å²) in [5.74, 6) is -0.827. The van der Waals surface area contributed by atoms with Crippen molar-refractivity contribution in [3.63, 3.8) is 0 Å². The lowest BCUT2D eigenvalue weighted by atomic mass is 10.2. The van der Waals surface area contributed by atoms with Gasteiger partial charge in [-0.05, 0) is 6.92 Å². The van der Waals surface area contributed by atoms with Crippen LogP contribution in [0.15, 0.2) is 0 Å². The second-order valence-electron chi connectivity index (χ2n) is 3.43. The number of nitrogens with one attached hydrogen (secondary N) is 1. The van der Waals surface area contributed by atoms with Gasteiger partial charge in [0.2, 0.25) is 5.91 Å². The topological polar surface area (TPSA) is 32.3 Å². The van der Waals surface area contributed by atoms with Crippen LogP contribution in [-0.4, -0.2) is 42.7 Å². The van der Waals surface area contributed by atoms with E-state index in [1.165, 1.54) is 4.90 Å². The predicted octanol–water partition coefficient (Wildman–Crippen LogP) is 0.759. The number of piperazine rings is 1. The van der Waals surface area contributed by atoms with E-state index in [0.29, 0.717) is 19.6 Å². The van der Waals surface area contributed by atoms with Crippen LogP contribution in [0.2, 0.25) is 0 Å². The molecule has 1 heterocycles. The highest BCUT2D eigenvalue weighted by atomic mass is 19.4. The fourth-order valence-electron chi connectivity index (χ4n) is 1.48. The van der Waals surface area contributed by atoms with Gasteiger partial charge in [-0.1, -0.05) is 0 Å². The Balaban J connectivity index is 2.50. The molecule has 0 aliphatic carbocycles. The predicted molar refractivity (Wildman–Crippen MR) is 44.7 cm³/mol. The summed E-state index contributed by atoms with van der Waals surface area (Å²) in [4.78, 5) is 12.5. The first kappa shape index (κ1) is 11.3. The molecule has 0 bridgehead atoms. The first-order valence-corrected chi connectivity index (χ1v) is 4.47. The lowest BCUT2D eigenvalue weighted by Crippen LogP contribution is -2.52. The van der Waals surface area contributed by atoms with Gasteiger partial charge in [-0.15, -0.1) is 0 Å². The number of rotatable bonds is 1. The number of hydrogen-bond donors (Lipinski definition) is 1. The first-order valence-electron chi connectivity index (χ1n) is 4.47. The summed E-state index contributed by atoms with van der Waals surface area (Å²) in [6, 6.07) is -0.154. The van der Waals surface area contributed by atoms with Crippen LogP contribution in [0.3, 0.4) is 0 Å². The summed E-state index contributed by atoms with van der Waals surface area (Å²) >= 11 is 0. The van der Waals surface area contributed by atoms with Crippen LogP contribution in [0.5, 0.6) is 0 Å². The second kappa shape index (κ2) is 4.16. The van der Waals surface area contributed by atoms with Crippen molar-refractivity contribution in [1.82, 2.24) is 10.2 Å². The van der Waals surface area contributed by atoms with Crippen molar-refractivity contribution in [1.29, 1.82) is 0 Å². The standard InChI is InChI=1S/C8H13F3N2O/c1-6-5-12-2-3-13(6)7(14)4-8(9,10)11/h6,12H,2-5H2,1H3. The Kier molecular flexibility index (Phi) is 3.36. The highest BCUT2D eigenvalue weighted by Gasteiger charge is 2.35. The van der Waals surface area contributed by atoms with Gasteiger partial charge >= 0.3 is 6.18 Å². The lowest BCUT2D eigenvalue weighted by Gasteiger charge is -2.34. The Hall–Kier alpha value is -0.780. The summed E-state index contributed by atoms with van der Waals surface area (Å²) in [5.41, 5.74) is 0. The van der Waals surface area contributed by atoms with Gasteiger partial charge in [0.15, 0.2) is 0 Å². The number of hydrogen-bond acceptors (Lipinski definition) is 2. The minimum absolute atomic E-state index is 0.154. The van der Waals surface area contributed by atoms with E-state index in [-0.39, 0.29) is 6.04 Å². The Labute approximate surface area is 80.3 Å². The largest absolute Gasteiger partial charge is 0.397 e. The summed E-state index contributed by atoms with van der Waals surface area (Å²) in [6.45, 7) is 3.22. The molecule has 3 nitrogen and oxygen atoms in total. The minimum atomic E-state index is -4.40. The maximum Gasteiger partial charge on any atom is 0.397 e. The molecule has 1 N–H and O–H groups in total. The summed E-state index contributed by atoms with van der Waals surface area (Å²) in [5, 5.41) is 3.01. The van der Waals surface area contributed by atoms with Gasteiger partial charge in [0, 0.05) is 25.7 Å².